The van der Waals surface area contributed by atoms with Crippen LogP contribution in [0.15, 0.2) is 36.0 Å². The lowest BCUT2D eigenvalue weighted by Gasteiger charge is -2.10. The SMILES string of the molecule is CCCCCC(=O)C(=CNc1ccccc1OC)C(=O)OCC. The Morgan fingerprint density at radius 1 is 1.17 bits per heavy atom. The van der Waals surface area contributed by atoms with Gasteiger partial charge in [0, 0.05) is 12.6 Å². The van der Waals surface area contributed by atoms with E-state index in [2.05, 4.69) is 12.2 Å². The topological polar surface area (TPSA) is 64.6 Å². The Morgan fingerprint density at radius 3 is 2.57 bits per heavy atom. The van der Waals surface area contributed by atoms with Gasteiger partial charge >= 0.3 is 5.97 Å². The number of ketones is 1. The molecule has 0 atom stereocenters. The van der Waals surface area contributed by atoms with E-state index >= 15 is 0 Å². The van der Waals surface area contributed by atoms with Gasteiger partial charge in [0.1, 0.15) is 11.3 Å². The molecule has 0 heterocycles. The minimum Gasteiger partial charge on any atom is -0.495 e. The van der Waals surface area contributed by atoms with Crippen molar-refractivity contribution in [2.24, 2.45) is 0 Å². The van der Waals surface area contributed by atoms with Gasteiger partial charge < -0.3 is 14.8 Å². The molecule has 1 N–H and O–H groups in total. The molecule has 23 heavy (non-hydrogen) atoms. The van der Waals surface area contributed by atoms with E-state index in [1.165, 1.54) is 6.20 Å². The zero-order valence-electron chi connectivity index (χ0n) is 14.1. The van der Waals surface area contributed by atoms with Crippen molar-refractivity contribution < 1.29 is 19.1 Å². The molecule has 1 aromatic carbocycles. The van der Waals surface area contributed by atoms with E-state index in [1.54, 1.807) is 26.2 Å². The normalized spacial score (nSPS) is 11.0. The average molecular weight is 319 g/mol. The van der Waals surface area contributed by atoms with E-state index in [0.29, 0.717) is 17.9 Å². The predicted octanol–water partition coefficient (Wildman–Crippen LogP) is 3.70. The Morgan fingerprint density at radius 2 is 1.91 bits per heavy atom. The first-order valence-electron chi connectivity index (χ1n) is 7.94. The van der Waals surface area contributed by atoms with Gasteiger partial charge in [-0.3, -0.25) is 4.79 Å². The number of esters is 1. The van der Waals surface area contributed by atoms with Crippen LogP contribution in [0.2, 0.25) is 0 Å². The number of anilines is 1. The lowest BCUT2D eigenvalue weighted by molar-refractivity contribution is -0.140. The van der Waals surface area contributed by atoms with E-state index in [4.69, 9.17) is 9.47 Å². The van der Waals surface area contributed by atoms with Crippen LogP contribution in [-0.4, -0.2) is 25.5 Å². The molecule has 5 nitrogen and oxygen atoms in total. The van der Waals surface area contributed by atoms with Crippen LogP contribution in [0, 0.1) is 0 Å². The van der Waals surface area contributed by atoms with Crippen LogP contribution in [0.25, 0.3) is 0 Å². The lowest BCUT2D eigenvalue weighted by atomic mass is 10.1. The van der Waals surface area contributed by atoms with Crippen molar-refractivity contribution in [2.75, 3.05) is 19.0 Å². The highest BCUT2D eigenvalue weighted by Gasteiger charge is 2.19. The second-order valence-electron chi connectivity index (χ2n) is 5.00. The minimum atomic E-state index is -0.601. The fraction of sp³-hybridized carbons (Fsp3) is 0.444. The molecule has 1 rings (SSSR count). The lowest BCUT2D eigenvalue weighted by Crippen LogP contribution is -2.17. The van der Waals surface area contributed by atoms with E-state index in [0.717, 1.165) is 19.3 Å². The summed E-state index contributed by atoms with van der Waals surface area (Å²) in [5.74, 6) is -0.180. The molecule has 0 aromatic heterocycles. The van der Waals surface area contributed by atoms with Crippen LogP contribution in [0.3, 0.4) is 0 Å². The molecule has 0 aliphatic rings. The summed E-state index contributed by atoms with van der Waals surface area (Å²) in [7, 11) is 1.56. The number of Topliss-reactive ketones (excluding diaryl/α,β-unsaturated/α-hetero) is 1. The third kappa shape index (κ3) is 6.14. The van der Waals surface area contributed by atoms with Crippen molar-refractivity contribution in [1.82, 2.24) is 0 Å². The molecule has 0 saturated heterocycles. The molecule has 0 spiro atoms. The molecule has 126 valence electrons. The van der Waals surface area contributed by atoms with Gasteiger partial charge in [-0.25, -0.2) is 4.79 Å². The number of hydrogen-bond donors (Lipinski definition) is 1. The Hall–Kier alpha value is -2.30. The van der Waals surface area contributed by atoms with E-state index < -0.39 is 5.97 Å². The number of unbranched alkanes of at least 4 members (excludes halogenated alkanes) is 2. The van der Waals surface area contributed by atoms with Gasteiger partial charge in [-0.05, 0) is 25.5 Å². The maximum absolute atomic E-state index is 12.3. The van der Waals surface area contributed by atoms with Gasteiger partial charge in [-0.15, -0.1) is 0 Å². The fourth-order valence-electron chi connectivity index (χ4n) is 2.05. The summed E-state index contributed by atoms with van der Waals surface area (Å²) in [5.41, 5.74) is 0.715. The number of ether oxygens (including phenoxy) is 2. The summed E-state index contributed by atoms with van der Waals surface area (Å²) in [6, 6.07) is 7.28. The number of hydrogen-bond acceptors (Lipinski definition) is 5. The molecule has 0 bridgehead atoms. The summed E-state index contributed by atoms with van der Waals surface area (Å²) >= 11 is 0. The van der Waals surface area contributed by atoms with Crippen molar-refractivity contribution >= 4 is 17.4 Å². The highest BCUT2D eigenvalue weighted by molar-refractivity contribution is 6.17. The molecule has 0 unspecified atom stereocenters. The highest BCUT2D eigenvalue weighted by atomic mass is 16.5. The predicted molar refractivity (Wildman–Crippen MR) is 90.5 cm³/mol. The van der Waals surface area contributed by atoms with Gasteiger partial charge in [0.25, 0.3) is 0 Å². The second kappa shape index (κ2) is 10.4. The summed E-state index contributed by atoms with van der Waals surface area (Å²) in [6.45, 7) is 4.01. The number of rotatable bonds is 10. The quantitative estimate of drug-likeness (QED) is 0.234. The number of carbonyl (C=O) groups excluding carboxylic acids is 2. The van der Waals surface area contributed by atoms with Crippen LogP contribution in [0.1, 0.15) is 39.5 Å². The maximum Gasteiger partial charge on any atom is 0.343 e. The molecular weight excluding hydrogens is 294 g/mol. The van der Waals surface area contributed by atoms with Gasteiger partial charge in [0.05, 0.1) is 19.4 Å². The molecule has 0 radical (unpaired) electrons. The Kier molecular flexibility index (Phi) is 8.50. The van der Waals surface area contributed by atoms with Crippen molar-refractivity contribution in [3.8, 4) is 5.75 Å². The first-order chi connectivity index (χ1) is 11.1. The third-order valence-corrected chi connectivity index (χ3v) is 3.28. The Labute approximate surface area is 137 Å². The number of nitrogens with one attached hydrogen (secondary N) is 1. The second-order valence-corrected chi connectivity index (χ2v) is 5.00. The number of carbonyl (C=O) groups is 2. The van der Waals surface area contributed by atoms with Gasteiger partial charge in [0.15, 0.2) is 5.78 Å². The highest BCUT2D eigenvalue weighted by Crippen LogP contribution is 2.23. The van der Waals surface area contributed by atoms with Crippen LogP contribution < -0.4 is 10.1 Å². The van der Waals surface area contributed by atoms with Gasteiger partial charge in [-0.1, -0.05) is 31.9 Å². The summed E-state index contributed by atoms with van der Waals surface area (Å²) in [5, 5.41) is 2.97. The van der Waals surface area contributed by atoms with Crippen LogP contribution in [-0.2, 0) is 14.3 Å². The molecule has 0 fully saturated rings. The monoisotopic (exact) mass is 319 g/mol. The third-order valence-electron chi connectivity index (χ3n) is 3.28. The van der Waals surface area contributed by atoms with E-state index in [9.17, 15) is 9.59 Å². The van der Waals surface area contributed by atoms with Crippen molar-refractivity contribution in [2.45, 2.75) is 39.5 Å². The maximum atomic E-state index is 12.3. The van der Waals surface area contributed by atoms with Crippen LogP contribution in [0.4, 0.5) is 5.69 Å². The molecule has 0 amide bonds. The smallest absolute Gasteiger partial charge is 0.343 e. The molecule has 0 saturated carbocycles. The number of para-hydroxylation sites is 2. The van der Waals surface area contributed by atoms with Crippen LogP contribution >= 0.6 is 0 Å². The molecule has 0 aliphatic heterocycles. The molecular formula is C18H25NO4. The first-order valence-corrected chi connectivity index (χ1v) is 7.94. The molecule has 1 aromatic rings. The van der Waals surface area contributed by atoms with Crippen molar-refractivity contribution in [3.63, 3.8) is 0 Å². The van der Waals surface area contributed by atoms with Gasteiger partial charge in [-0.2, -0.15) is 0 Å². The van der Waals surface area contributed by atoms with E-state index in [1.807, 2.05) is 12.1 Å². The summed E-state index contributed by atoms with van der Waals surface area (Å²) in [4.78, 5) is 24.3. The minimum absolute atomic E-state index is 0.0360. The zero-order valence-corrected chi connectivity index (χ0v) is 14.1. The summed E-state index contributed by atoms with van der Waals surface area (Å²) < 4.78 is 10.2. The zero-order chi connectivity index (χ0) is 17.1. The first kappa shape index (κ1) is 18.7. The molecule has 0 aliphatic carbocycles. The fourth-order valence-corrected chi connectivity index (χ4v) is 2.05. The molecule has 5 heteroatoms. The Balaban J connectivity index is 2.89. The number of methoxy groups -OCH3 is 1. The van der Waals surface area contributed by atoms with Gasteiger partial charge in [0.2, 0.25) is 0 Å². The Bertz CT molecular complexity index is 552. The summed E-state index contributed by atoms with van der Waals surface area (Å²) in [6.07, 6.45) is 4.49. The van der Waals surface area contributed by atoms with Crippen LogP contribution in [0.5, 0.6) is 5.75 Å². The number of benzene rings is 1. The van der Waals surface area contributed by atoms with E-state index in [-0.39, 0.29) is 18.0 Å². The average Bonchev–Trinajstić information content (AvgIpc) is 2.56. The largest absolute Gasteiger partial charge is 0.495 e. The standard InChI is InChI=1S/C18H25NO4/c1-4-6-7-11-16(20)14(18(21)23-5-2)13-19-15-10-8-9-12-17(15)22-3/h8-10,12-13,19H,4-7,11H2,1-3H3. The van der Waals surface area contributed by atoms with Crippen molar-refractivity contribution in [1.29, 1.82) is 0 Å². The van der Waals surface area contributed by atoms with Crippen molar-refractivity contribution in [3.05, 3.63) is 36.0 Å².